The summed E-state index contributed by atoms with van der Waals surface area (Å²) in [7, 11) is 0. The van der Waals surface area contributed by atoms with Crippen LogP contribution in [0.2, 0.25) is 0 Å². The first kappa shape index (κ1) is 19.8. The maximum absolute atomic E-state index is 12.7. The first-order valence-corrected chi connectivity index (χ1v) is 8.71. The highest BCUT2D eigenvalue weighted by molar-refractivity contribution is 9.10. The molecule has 136 valence electrons. The second-order valence-electron chi connectivity index (χ2n) is 6.21. The largest absolute Gasteiger partial charge is 0.573 e. The standard InChI is InChI=1S/C16H20BrF3N2O.ClH/c17-12-3-4-15(23-16(18,19)20)13(10-12)14(9-11-1-2-11)22-7-5-21-6-8-22;/h3-4,10-11,14,21H,1-2,5-9H2;1H/t14-;/m1./s1. The van der Waals surface area contributed by atoms with E-state index in [1.807, 2.05) is 0 Å². The number of nitrogens with zero attached hydrogens (tertiary/aromatic N) is 1. The number of hydrogen-bond acceptors (Lipinski definition) is 3. The molecular weight excluding hydrogens is 409 g/mol. The van der Waals surface area contributed by atoms with Gasteiger partial charge in [-0.05, 0) is 30.5 Å². The third-order valence-electron chi connectivity index (χ3n) is 4.40. The van der Waals surface area contributed by atoms with Crippen LogP contribution in [0.4, 0.5) is 13.2 Å². The molecule has 1 saturated heterocycles. The molecule has 0 unspecified atom stereocenters. The van der Waals surface area contributed by atoms with E-state index in [-0.39, 0.29) is 24.2 Å². The molecule has 1 aliphatic carbocycles. The van der Waals surface area contributed by atoms with Gasteiger partial charge in [-0.25, -0.2) is 0 Å². The highest BCUT2D eigenvalue weighted by atomic mass is 79.9. The number of rotatable bonds is 5. The van der Waals surface area contributed by atoms with Crippen molar-refractivity contribution in [1.29, 1.82) is 0 Å². The van der Waals surface area contributed by atoms with Crippen molar-refractivity contribution in [2.75, 3.05) is 26.2 Å². The number of piperazine rings is 1. The Morgan fingerprint density at radius 3 is 2.50 bits per heavy atom. The fourth-order valence-corrected chi connectivity index (χ4v) is 3.51. The Morgan fingerprint density at radius 2 is 1.92 bits per heavy atom. The van der Waals surface area contributed by atoms with E-state index in [1.165, 1.54) is 18.9 Å². The molecule has 0 bridgehead atoms. The molecule has 24 heavy (non-hydrogen) atoms. The second-order valence-corrected chi connectivity index (χ2v) is 7.13. The minimum Gasteiger partial charge on any atom is -0.405 e. The summed E-state index contributed by atoms with van der Waals surface area (Å²) < 4.78 is 43.3. The molecule has 1 atom stereocenters. The fourth-order valence-electron chi connectivity index (χ4n) is 3.13. The van der Waals surface area contributed by atoms with Gasteiger partial charge in [0.05, 0.1) is 0 Å². The van der Waals surface area contributed by atoms with Gasteiger partial charge in [-0.15, -0.1) is 25.6 Å². The third-order valence-corrected chi connectivity index (χ3v) is 4.90. The van der Waals surface area contributed by atoms with Crippen LogP contribution in [0, 0.1) is 5.92 Å². The molecule has 1 aliphatic heterocycles. The highest BCUT2D eigenvalue weighted by Crippen LogP contribution is 2.43. The SMILES string of the molecule is Cl.FC(F)(F)Oc1ccc(Br)cc1[C@@H](CC1CC1)N1CCNCC1. The Labute approximate surface area is 154 Å². The topological polar surface area (TPSA) is 24.5 Å². The molecule has 2 fully saturated rings. The average molecular weight is 430 g/mol. The van der Waals surface area contributed by atoms with E-state index in [0.717, 1.165) is 37.1 Å². The summed E-state index contributed by atoms with van der Waals surface area (Å²) in [5, 5.41) is 3.29. The zero-order valence-corrected chi connectivity index (χ0v) is 15.5. The molecule has 2 aliphatic rings. The summed E-state index contributed by atoms with van der Waals surface area (Å²) in [4.78, 5) is 2.28. The van der Waals surface area contributed by atoms with Crippen LogP contribution >= 0.6 is 28.3 Å². The van der Waals surface area contributed by atoms with E-state index >= 15 is 0 Å². The van der Waals surface area contributed by atoms with Gasteiger partial charge in [0.1, 0.15) is 5.75 Å². The van der Waals surface area contributed by atoms with Gasteiger partial charge in [0.15, 0.2) is 0 Å². The summed E-state index contributed by atoms with van der Waals surface area (Å²) in [6.07, 6.45) is -1.43. The van der Waals surface area contributed by atoms with Gasteiger partial charge in [0, 0.05) is 42.3 Å². The van der Waals surface area contributed by atoms with Crippen LogP contribution in [0.25, 0.3) is 0 Å². The Kier molecular flexibility index (Phi) is 6.82. The van der Waals surface area contributed by atoms with Crippen LogP contribution in [-0.4, -0.2) is 37.4 Å². The van der Waals surface area contributed by atoms with Gasteiger partial charge in [-0.3, -0.25) is 4.90 Å². The van der Waals surface area contributed by atoms with Crippen molar-refractivity contribution in [3.63, 3.8) is 0 Å². The summed E-state index contributed by atoms with van der Waals surface area (Å²) in [5.74, 6) is 0.539. The molecule has 8 heteroatoms. The minimum absolute atomic E-state index is 0. The van der Waals surface area contributed by atoms with Crippen molar-refractivity contribution in [2.45, 2.75) is 31.7 Å². The summed E-state index contributed by atoms with van der Waals surface area (Å²) >= 11 is 3.38. The lowest BCUT2D eigenvalue weighted by Crippen LogP contribution is -2.45. The van der Waals surface area contributed by atoms with Crippen LogP contribution in [0.15, 0.2) is 22.7 Å². The molecule has 1 aromatic rings. The van der Waals surface area contributed by atoms with E-state index in [9.17, 15) is 13.2 Å². The molecule has 0 aromatic heterocycles. The smallest absolute Gasteiger partial charge is 0.405 e. The van der Waals surface area contributed by atoms with Gasteiger partial charge in [0.2, 0.25) is 0 Å². The number of hydrogen-bond donors (Lipinski definition) is 1. The molecule has 1 aromatic carbocycles. The van der Waals surface area contributed by atoms with Gasteiger partial charge in [-0.1, -0.05) is 28.8 Å². The summed E-state index contributed by atoms with van der Waals surface area (Å²) in [5.41, 5.74) is 0.630. The summed E-state index contributed by atoms with van der Waals surface area (Å²) in [6.45, 7) is 3.42. The first-order valence-electron chi connectivity index (χ1n) is 7.92. The molecule has 1 N–H and O–H groups in total. The van der Waals surface area contributed by atoms with Gasteiger partial charge >= 0.3 is 6.36 Å². The Bertz CT molecular complexity index is 549. The lowest BCUT2D eigenvalue weighted by Gasteiger charge is -2.36. The first-order chi connectivity index (χ1) is 10.9. The molecule has 1 saturated carbocycles. The lowest BCUT2D eigenvalue weighted by atomic mass is 9.97. The molecule has 3 rings (SSSR count). The van der Waals surface area contributed by atoms with Crippen molar-refractivity contribution in [3.05, 3.63) is 28.2 Å². The Balaban J connectivity index is 0.00000208. The molecule has 0 radical (unpaired) electrons. The lowest BCUT2D eigenvalue weighted by molar-refractivity contribution is -0.275. The maximum Gasteiger partial charge on any atom is 0.573 e. The molecular formula is C16H21BrClF3N2O. The van der Waals surface area contributed by atoms with Gasteiger partial charge in [-0.2, -0.15) is 0 Å². The van der Waals surface area contributed by atoms with Crippen LogP contribution in [0.3, 0.4) is 0 Å². The number of nitrogens with one attached hydrogen (secondary N) is 1. The number of halogens is 5. The number of benzene rings is 1. The van der Waals surface area contributed by atoms with Crippen LogP contribution in [-0.2, 0) is 0 Å². The van der Waals surface area contributed by atoms with Crippen molar-refractivity contribution >= 4 is 28.3 Å². The monoisotopic (exact) mass is 428 g/mol. The maximum atomic E-state index is 12.7. The predicted octanol–water partition coefficient (Wildman–Crippen LogP) is 4.52. The number of ether oxygens (including phenoxy) is 1. The van der Waals surface area contributed by atoms with Crippen molar-refractivity contribution in [2.24, 2.45) is 5.92 Å². The zero-order chi connectivity index (χ0) is 16.4. The van der Waals surface area contributed by atoms with Crippen LogP contribution in [0.5, 0.6) is 5.75 Å². The van der Waals surface area contributed by atoms with E-state index in [2.05, 4.69) is 30.9 Å². The quantitative estimate of drug-likeness (QED) is 0.745. The molecule has 0 spiro atoms. The molecule has 3 nitrogen and oxygen atoms in total. The molecule has 1 heterocycles. The van der Waals surface area contributed by atoms with Crippen molar-refractivity contribution in [3.8, 4) is 5.75 Å². The Hall–Kier alpha value is -0.500. The van der Waals surface area contributed by atoms with E-state index in [4.69, 9.17) is 0 Å². The predicted molar refractivity (Wildman–Crippen MR) is 92.6 cm³/mol. The third kappa shape index (κ3) is 5.51. The van der Waals surface area contributed by atoms with E-state index in [1.54, 1.807) is 12.1 Å². The second kappa shape index (κ2) is 8.25. The van der Waals surface area contributed by atoms with Gasteiger partial charge in [0.25, 0.3) is 0 Å². The fraction of sp³-hybridized carbons (Fsp3) is 0.625. The van der Waals surface area contributed by atoms with Crippen LogP contribution in [0.1, 0.15) is 30.9 Å². The normalized spacial score (nSPS) is 20.3. The van der Waals surface area contributed by atoms with Gasteiger partial charge < -0.3 is 10.1 Å². The average Bonchev–Trinajstić information content (AvgIpc) is 3.30. The Morgan fingerprint density at radius 1 is 1.25 bits per heavy atom. The molecule has 0 amide bonds. The minimum atomic E-state index is -4.67. The van der Waals surface area contributed by atoms with E-state index < -0.39 is 6.36 Å². The van der Waals surface area contributed by atoms with Crippen molar-refractivity contribution < 1.29 is 17.9 Å². The van der Waals surface area contributed by atoms with E-state index in [0.29, 0.717) is 11.5 Å². The van der Waals surface area contributed by atoms with Crippen molar-refractivity contribution in [1.82, 2.24) is 10.2 Å². The highest BCUT2D eigenvalue weighted by Gasteiger charge is 2.36. The van der Waals surface area contributed by atoms with Crippen LogP contribution < -0.4 is 10.1 Å². The number of alkyl halides is 3. The zero-order valence-electron chi connectivity index (χ0n) is 13.1. The summed E-state index contributed by atoms with van der Waals surface area (Å²) in [6, 6.07) is 4.75.